The summed E-state index contributed by atoms with van der Waals surface area (Å²) in [6, 6.07) is 15.0. The van der Waals surface area contributed by atoms with Crippen molar-refractivity contribution in [1.29, 1.82) is 0 Å². The van der Waals surface area contributed by atoms with Gasteiger partial charge in [-0.1, -0.05) is 12.1 Å². The van der Waals surface area contributed by atoms with Gasteiger partial charge in [0.25, 0.3) is 5.91 Å². The first-order chi connectivity index (χ1) is 13.3. The van der Waals surface area contributed by atoms with E-state index in [1.807, 2.05) is 50.2 Å². The number of anilines is 1. The number of benzene rings is 2. The van der Waals surface area contributed by atoms with Crippen molar-refractivity contribution in [3.8, 4) is 16.3 Å². The molecule has 0 saturated heterocycles. The van der Waals surface area contributed by atoms with Crippen LogP contribution in [0.1, 0.15) is 34.8 Å². The third-order valence-electron chi connectivity index (χ3n) is 4.19. The van der Waals surface area contributed by atoms with Crippen LogP contribution in [0.15, 0.2) is 48.5 Å². The van der Waals surface area contributed by atoms with Gasteiger partial charge < -0.3 is 10.1 Å². The van der Waals surface area contributed by atoms with Crippen LogP contribution >= 0.6 is 11.3 Å². The number of aryl methyl sites for hydroxylation is 2. The first-order valence-electron chi connectivity index (χ1n) is 8.96. The lowest BCUT2D eigenvalue weighted by atomic mass is 10.2. The largest absolute Gasteiger partial charge is 0.481 e. The predicted octanol–water partition coefficient (Wildman–Crippen LogP) is 5.04. The third kappa shape index (κ3) is 4.64. The minimum atomic E-state index is -0.641. The van der Waals surface area contributed by atoms with Crippen LogP contribution in [-0.4, -0.2) is 22.8 Å². The fourth-order valence-electron chi connectivity index (χ4n) is 2.75. The number of carbonyl (C=O) groups is 2. The second kappa shape index (κ2) is 8.35. The molecule has 1 aromatic heterocycles. The van der Waals surface area contributed by atoms with Crippen molar-refractivity contribution in [2.24, 2.45) is 0 Å². The molecule has 28 heavy (non-hydrogen) atoms. The fraction of sp³-hybridized carbons (Fsp3) is 0.227. The monoisotopic (exact) mass is 394 g/mol. The predicted molar refractivity (Wildman–Crippen MR) is 112 cm³/mol. The van der Waals surface area contributed by atoms with Crippen molar-refractivity contribution in [3.63, 3.8) is 0 Å². The normalized spacial score (nSPS) is 11.7. The standard InChI is InChI=1S/C22H22N2O3S/c1-13-6-5-7-18(12-13)24-21(26)16(4)27-19-10-8-17(9-11-19)22-23-14(2)20(28-22)15(3)25/h5-12,16H,1-4H3,(H,24,26)/t16-/m1/s1. The lowest BCUT2D eigenvalue weighted by Crippen LogP contribution is -2.30. The summed E-state index contributed by atoms with van der Waals surface area (Å²) < 4.78 is 5.75. The minimum absolute atomic E-state index is 0.0228. The highest BCUT2D eigenvalue weighted by Gasteiger charge is 2.16. The summed E-state index contributed by atoms with van der Waals surface area (Å²) in [4.78, 5) is 29.1. The van der Waals surface area contributed by atoms with Crippen molar-refractivity contribution in [3.05, 3.63) is 64.7 Å². The molecule has 5 nitrogen and oxygen atoms in total. The molecule has 3 aromatic rings. The highest BCUT2D eigenvalue weighted by molar-refractivity contribution is 7.17. The van der Waals surface area contributed by atoms with Crippen LogP contribution in [0, 0.1) is 13.8 Å². The number of nitrogens with zero attached hydrogens (tertiary/aromatic N) is 1. The van der Waals surface area contributed by atoms with E-state index in [1.54, 1.807) is 26.0 Å². The molecule has 3 rings (SSSR count). The van der Waals surface area contributed by atoms with Crippen molar-refractivity contribution in [2.75, 3.05) is 5.32 Å². The molecule has 0 bridgehead atoms. The summed E-state index contributed by atoms with van der Waals surface area (Å²) in [5.41, 5.74) is 3.47. The van der Waals surface area contributed by atoms with Crippen molar-refractivity contribution in [2.45, 2.75) is 33.8 Å². The number of hydrogen-bond acceptors (Lipinski definition) is 5. The van der Waals surface area contributed by atoms with Crippen molar-refractivity contribution in [1.82, 2.24) is 4.98 Å². The minimum Gasteiger partial charge on any atom is -0.481 e. The van der Waals surface area contributed by atoms with Gasteiger partial charge in [-0.2, -0.15) is 0 Å². The number of amides is 1. The molecule has 1 heterocycles. The van der Waals surface area contributed by atoms with E-state index in [0.29, 0.717) is 10.6 Å². The zero-order valence-electron chi connectivity index (χ0n) is 16.3. The molecule has 0 aliphatic rings. The molecule has 0 fully saturated rings. The molecule has 0 radical (unpaired) electrons. The average Bonchev–Trinajstić information content (AvgIpc) is 3.04. The maximum absolute atomic E-state index is 12.3. The van der Waals surface area contributed by atoms with Gasteiger partial charge in [0, 0.05) is 18.2 Å². The van der Waals surface area contributed by atoms with E-state index in [9.17, 15) is 9.59 Å². The molecule has 0 aliphatic heterocycles. The fourth-order valence-corrected chi connectivity index (χ4v) is 3.71. The molecule has 144 valence electrons. The first-order valence-corrected chi connectivity index (χ1v) is 9.78. The zero-order valence-corrected chi connectivity index (χ0v) is 17.1. The quantitative estimate of drug-likeness (QED) is 0.595. The van der Waals surface area contributed by atoms with Gasteiger partial charge in [0.2, 0.25) is 0 Å². The van der Waals surface area contributed by atoms with Crippen LogP contribution in [0.5, 0.6) is 5.75 Å². The lowest BCUT2D eigenvalue weighted by molar-refractivity contribution is -0.122. The Morgan fingerprint density at radius 2 is 1.82 bits per heavy atom. The van der Waals surface area contributed by atoms with E-state index in [-0.39, 0.29) is 11.7 Å². The highest BCUT2D eigenvalue weighted by Crippen LogP contribution is 2.29. The molecule has 6 heteroatoms. The van der Waals surface area contributed by atoms with Gasteiger partial charge in [-0.3, -0.25) is 9.59 Å². The highest BCUT2D eigenvalue weighted by atomic mass is 32.1. The van der Waals surface area contributed by atoms with E-state index < -0.39 is 6.10 Å². The Morgan fingerprint density at radius 3 is 2.43 bits per heavy atom. The van der Waals surface area contributed by atoms with Crippen molar-refractivity contribution >= 4 is 28.7 Å². The Morgan fingerprint density at radius 1 is 1.11 bits per heavy atom. The first kappa shape index (κ1) is 19.8. The summed E-state index contributed by atoms with van der Waals surface area (Å²) >= 11 is 1.38. The van der Waals surface area contributed by atoms with Crippen LogP contribution < -0.4 is 10.1 Å². The smallest absolute Gasteiger partial charge is 0.265 e. The SMILES string of the molecule is CC(=O)c1sc(-c2ccc(O[C@H](C)C(=O)Nc3cccc(C)c3)cc2)nc1C. The molecular formula is C22H22N2O3S. The van der Waals surface area contributed by atoms with Crippen LogP contribution in [0.25, 0.3) is 10.6 Å². The molecule has 1 amide bonds. The molecule has 0 spiro atoms. The van der Waals surface area contributed by atoms with Crippen LogP contribution in [-0.2, 0) is 4.79 Å². The summed E-state index contributed by atoms with van der Waals surface area (Å²) in [7, 11) is 0. The van der Waals surface area contributed by atoms with Crippen LogP contribution in [0.3, 0.4) is 0 Å². The molecule has 0 unspecified atom stereocenters. The molecule has 0 saturated carbocycles. The molecule has 1 atom stereocenters. The maximum Gasteiger partial charge on any atom is 0.265 e. The molecular weight excluding hydrogens is 372 g/mol. The van der Waals surface area contributed by atoms with E-state index in [1.165, 1.54) is 11.3 Å². The van der Waals surface area contributed by atoms with Gasteiger partial charge in [0.05, 0.1) is 10.6 Å². The van der Waals surface area contributed by atoms with Gasteiger partial charge in [-0.25, -0.2) is 4.98 Å². The van der Waals surface area contributed by atoms with E-state index in [4.69, 9.17) is 4.74 Å². The van der Waals surface area contributed by atoms with Gasteiger partial charge >= 0.3 is 0 Å². The number of thiazole rings is 1. The summed E-state index contributed by atoms with van der Waals surface area (Å²) in [5, 5.41) is 3.65. The van der Waals surface area contributed by atoms with Crippen molar-refractivity contribution < 1.29 is 14.3 Å². The third-order valence-corrected chi connectivity index (χ3v) is 5.49. The summed E-state index contributed by atoms with van der Waals surface area (Å²) in [6.45, 7) is 7.07. The van der Waals surface area contributed by atoms with Gasteiger partial charge in [0.15, 0.2) is 11.9 Å². The summed E-state index contributed by atoms with van der Waals surface area (Å²) in [6.07, 6.45) is -0.641. The maximum atomic E-state index is 12.3. The number of Topliss-reactive ketones (excluding diaryl/α,β-unsaturated/α-hetero) is 1. The Hall–Kier alpha value is -2.99. The number of hydrogen-bond donors (Lipinski definition) is 1. The van der Waals surface area contributed by atoms with Gasteiger partial charge in [-0.15, -0.1) is 11.3 Å². The number of rotatable bonds is 6. The number of ketones is 1. The number of carbonyl (C=O) groups excluding carboxylic acids is 2. The number of ether oxygens (including phenoxy) is 1. The molecule has 0 aliphatic carbocycles. The Bertz CT molecular complexity index is 1010. The molecule has 2 aromatic carbocycles. The zero-order chi connectivity index (χ0) is 20.3. The Balaban J connectivity index is 1.65. The second-order valence-corrected chi connectivity index (χ2v) is 7.63. The van der Waals surface area contributed by atoms with Gasteiger partial charge in [-0.05, 0) is 62.7 Å². The number of nitrogens with one attached hydrogen (secondary N) is 1. The Labute approximate surface area is 168 Å². The Kier molecular flexibility index (Phi) is 5.90. The summed E-state index contributed by atoms with van der Waals surface area (Å²) in [5.74, 6) is 0.404. The van der Waals surface area contributed by atoms with E-state index >= 15 is 0 Å². The topological polar surface area (TPSA) is 68.3 Å². The van der Waals surface area contributed by atoms with Crippen LogP contribution in [0.2, 0.25) is 0 Å². The van der Waals surface area contributed by atoms with E-state index in [2.05, 4.69) is 10.3 Å². The number of aromatic nitrogens is 1. The molecule has 1 N–H and O–H groups in total. The average molecular weight is 394 g/mol. The van der Waals surface area contributed by atoms with E-state index in [0.717, 1.165) is 27.5 Å². The van der Waals surface area contributed by atoms with Crippen LogP contribution in [0.4, 0.5) is 5.69 Å². The van der Waals surface area contributed by atoms with Gasteiger partial charge in [0.1, 0.15) is 10.8 Å². The lowest BCUT2D eigenvalue weighted by Gasteiger charge is -2.15. The second-order valence-electron chi connectivity index (χ2n) is 6.63.